The number of aryl methyl sites for hydroxylation is 1. The van der Waals surface area contributed by atoms with Gasteiger partial charge >= 0.3 is 0 Å². The first kappa shape index (κ1) is 26.1. The average molecular weight is 421 g/mol. The number of ether oxygens (including phenoxy) is 1. The molecule has 6 heteroatoms. The van der Waals surface area contributed by atoms with Crippen LogP contribution in [0.5, 0.6) is 0 Å². The monoisotopic (exact) mass is 420 g/mol. The Bertz CT molecular complexity index is 669. The van der Waals surface area contributed by atoms with Crippen LogP contribution in [0.15, 0.2) is 18.2 Å². The summed E-state index contributed by atoms with van der Waals surface area (Å²) in [6.07, 6.45) is 1.15. The van der Waals surface area contributed by atoms with Gasteiger partial charge in [-0.2, -0.15) is 0 Å². The number of carbonyl (C=O) groups is 2. The quantitative estimate of drug-likeness (QED) is 0.510. The van der Waals surface area contributed by atoms with Crippen molar-refractivity contribution in [2.24, 2.45) is 11.8 Å². The minimum Gasteiger partial charge on any atom is -0.390 e. The summed E-state index contributed by atoms with van der Waals surface area (Å²) in [6, 6.07) is 5.27. The fraction of sp³-hybridized carbons (Fsp3) is 0.667. The van der Waals surface area contributed by atoms with Gasteiger partial charge in [-0.05, 0) is 49.4 Å². The smallest absolute Gasteiger partial charge is 0.253 e. The number of aliphatic hydroxyl groups is 1. The largest absolute Gasteiger partial charge is 0.390 e. The lowest BCUT2D eigenvalue weighted by Gasteiger charge is -2.22. The second-order valence-corrected chi connectivity index (χ2v) is 8.57. The molecule has 0 saturated carbocycles. The summed E-state index contributed by atoms with van der Waals surface area (Å²) < 4.78 is 5.48. The summed E-state index contributed by atoms with van der Waals surface area (Å²) in [5.74, 6) is -0.0115. The van der Waals surface area contributed by atoms with Gasteiger partial charge in [0.1, 0.15) is 0 Å². The van der Waals surface area contributed by atoms with Crippen molar-refractivity contribution >= 4 is 11.8 Å². The summed E-state index contributed by atoms with van der Waals surface area (Å²) >= 11 is 0. The van der Waals surface area contributed by atoms with Crippen molar-refractivity contribution < 1.29 is 19.4 Å². The molecule has 0 heterocycles. The molecule has 0 radical (unpaired) electrons. The van der Waals surface area contributed by atoms with Crippen LogP contribution in [-0.4, -0.2) is 60.8 Å². The zero-order chi connectivity index (χ0) is 22.7. The highest BCUT2D eigenvalue weighted by atomic mass is 16.5. The molecule has 0 saturated heterocycles. The van der Waals surface area contributed by atoms with Gasteiger partial charge in [-0.1, -0.05) is 34.6 Å². The maximum Gasteiger partial charge on any atom is 0.253 e. The molecule has 1 aromatic carbocycles. The van der Waals surface area contributed by atoms with Crippen LogP contribution in [0, 0.1) is 18.8 Å². The van der Waals surface area contributed by atoms with E-state index in [2.05, 4.69) is 33.0 Å². The third-order valence-corrected chi connectivity index (χ3v) is 4.84. The number of nitrogens with zero attached hydrogens (tertiary/aromatic N) is 1. The molecule has 1 aromatic rings. The van der Waals surface area contributed by atoms with Crippen LogP contribution in [0.2, 0.25) is 0 Å². The Labute approximate surface area is 182 Å². The van der Waals surface area contributed by atoms with Crippen LogP contribution < -0.4 is 5.32 Å². The van der Waals surface area contributed by atoms with Crippen molar-refractivity contribution in [3.05, 3.63) is 34.9 Å². The molecule has 6 nitrogen and oxygen atoms in total. The maximum atomic E-state index is 12.9. The number of benzene rings is 1. The van der Waals surface area contributed by atoms with E-state index in [1.165, 1.54) is 0 Å². The Morgan fingerprint density at radius 3 is 2.20 bits per heavy atom. The van der Waals surface area contributed by atoms with Crippen LogP contribution in [0.25, 0.3) is 0 Å². The van der Waals surface area contributed by atoms with Crippen molar-refractivity contribution in [1.82, 2.24) is 10.2 Å². The molecule has 0 aliphatic carbocycles. The van der Waals surface area contributed by atoms with Gasteiger partial charge in [-0.3, -0.25) is 9.59 Å². The molecule has 0 bridgehead atoms. The van der Waals surface area contributed by atoms with E-state index >= 15 is 0 Å². The van der Waals surface area contributed by atoms with Crippen LogP contribution in [0.4, 0.5) is 0 Å². The Morgan fingerprint density at radius 2 is 1.63 bits per heavy atom. The molecule has 170 valence electrons. The number of nitrogens with one attached hydrogen (secondary N) is 1. The lowest BCUT2D eigenvalue weighted by molar-refractivity contribution is 0.00100. The second kappa shape index (κ2) is 13.4. The summed E-state index contributed by atoms with van der Waals surface area (Å²) in [4.78, 5) is 27.4. The van der Waals surface area contributed by atoms with E-state index in [0.29, 0.717) is 43.3 Å². The number of hydrogen-bond donors (Lipinski definition) is 2. The third kappa shape index (κ3) is 8.84. The Hall–Kier alpha value is -1.92. The molecular weight excluding hydrogens is 380 g/mol. The molecule has 0 aliphatic rings. The minimum atomic E-state index is -0.643. The second-order valence-electron chi connectivity index (χ2n) is 8.57. The van der Waals surface area contributed by atoms with Crippen molar-refractivity contribution in [3.63, 3.8) is 0 Å². The van der Waals surface area contributed by atoms with Crippen molar-refractivity contribution in [1.29, 1.82) is 0 Å². The summed E-state index contributed by atoms with van der Waals surface area (Å²) in [6.45, 7) is 14.6. The van der Waals surface area contributed by atoms with Gasteiger partial charge in [0.15, 0.2) is 0 Å². The molecule has 2 N–H and O–H groups in total. The predicted molar refractivity (Wildman–Crippen MR) is 121 cm³/mol. The summed E-state index contributed by atoms with van der Waals surface area (Å²) in [5, 5.41) is 13.1. The number of carbonyl (C=O) groups excluding carboxylic acids is 2. The zero-order valence-electron chi connectivity index (χ0n) is 19.5. The van der Waals surface area contributed by atoms with Crippen LogP contribution in [0.1, 0.15) is 73.7 Å². The number of hydrogen-bond acceptors (Lipinski definition) is 4. The Morgan fingerprint density at radius 1 is 1.03 bits per heavy atom. The van der Waals surface area contributed by atoms with E-state index in [9.17, 15) is 14.7 Å². The van der Waals surface area contributed by atoms with E-state index < -0.39 is 6.10 Å². The fourth-order valence-corrected chi connectivity index (χ4v) is 3.16. The van der Waals surface area contributed by atoms with Gasteiger partial charge < -0.3 is 20.1 Å². The minimum absolute atomic E-state index is 0.0393. The van der Waals surface area contributed by atoms with Gasteiger partial charge in [0.2, 0.25) is 0 Å². The van der Waals surface area contributed by atoms with E-state index in [1.54, 1.807) is 12.1 Å². The highest BCUT2D eigenvalue weighted by Crippen LogP contribution is 2.14. The number of rotatable bonds is 13. The van der Waals surface area contributed by atoms with Crippen LogP contribution in [0.3, 0.4) is 0 Å². The van der Waals surface area contributed by atoms with Crippen LogP contribution >= 0.6 is 0 Å². The van der Waals surface area contributed by atoms with E-state index in [0.717, 1.165) is 18.4 Å². The Balaban J connectivity index is 2.75. The molecule has 0 spiro atoms. The van der Waals surface area contributed by atoms with Gasteiger partial charge in [0.25, 0.3) is 11.8 Å². The lowest BCUT2D eigenvalue weighted by atomic mass is 10.0. The summed E-state index contributed by atoms with van der Waals surface area (Å²) in [5.41, 5.74) is 1.87. The number of amides is 2. The van der Waals surface area contributed by atoms with Gasteiger partial charge in [-0.25, -0.2) is 0 Å². The normalized spacial score (nSPS) is 13.2. The third-order valence-electron chi connectivity index (χ3n) is 4.84. The van der Waals surface area contributed by atoms with Crippen molar-refractivity contribution in [3.8, 4) is 0 Å². The molecule has 1 rings (SSSR count). The van der Waals surface area contributed by atoms with Crippen LogP contribution in [-0.2, 0) is 4.74 Å². The first-order valence-electron chi connectivity index (χ1n) is 11.1. The van der Waals surface area contributed by atoms with Gasteiger partial charge in [-0.15, -0.1) is 0 Å². The molecule has 2 amide bonds. The maximum absolute atomic E-state index is 12.9. The number of aliphatic hydroxyl groups excluding tert-OH is 1. The first-order valence-corrected chi connectivity index (χ1v) is 11.1. The molecule has 2 unspecified atom stereocenters. The zero-order valence-corrected chi connectivity index (χ0v) is 19.5. The lowest BCUT2D eigenvalue weighted by Crippen LogP contribution is -2.36. The standard InChI is InChI=1S/C24H40N2O4/c1-7-9-26(10-8-2)24(29)21-12-18(5)11-20(13-21)23(28)25-14-19(6)22(27)16-30-15-17(3)4/h11-13,17,19,22,27H,7-10,14-16H2,1-6H3,(H,25,28). The SMILES string of the molecule is CCCN(CCC)C(=O)c1cc(C)cc(C(=O)NCC(C)C(O)COCC(C)C)c1. The molecular formula is C24H40N2O4. The average Bonchev–Trinajstić information content (AvgIpc) is 2.70. The summed E-state index contributed by atoms with van der Waals surface area (Å²) in [7, 11) is 0. The van der Waals surface area contributed by atoms with E-state index in [1.807, 2.05) is 24.8 Å². The van der Waals surface area contributed by atoms with Gasteiger partial charge in [0, 0.05) is 43.3 Å². The van der Waals surface area contributed by atoms with E-state index in [4.69, 9.17) is 4.74 Å². The van der Waals surface area contributed by atoms with E-state index in [-0.39, 0.29) is 24.3 Å². The fourth-order valence-electron chi connectivity index (χ4n) is 3.16. The molecule has 30 heavy (non-hydrogen) atoms. The molecule has 0 aromatic heterocycles. The topological polar surface area (TPSA) is 78.9 Å². The highest BCUT2D eigenvalue weighted by Gasteiger charge is 2.19. The molecule has 0 aliphatic heterocycles. The predicted octanol–water partition coefficient (Wildman–Crippen LogP) is 3.66. The molecule has 2 atom stereocenters. The molecule has 0 fully saturated rings. The Kier molecular flexibility index (Phi) is 11.7. The van der Waals surface area contributed by atoms with Crippen molar-refractivity contribution in [2.75, 3.05) is 32.8 Å². The van der Waals surface area contributed by atoms with Crippen molar-refractivity contribution in [2.45, 2.75) is 60.5 Å². The highest BCUT2D eigenvalue weighted by molar-refractivity contribution is 6.00. The van der Waals surface area contributed by atoms with Gasteiger partial charge in [0.05, 0.1) is 12.7 Å². The first-order chi connectivity index (χ1) is 14.2.